The predicted molar refractivity (Wildman–Crippen MR) is 180 cm³/mol. The predicted octanol–water partition coefficient (Wildman–Crippen LogP) is 7.13. The van der Waals surface area contributed by atoms with Gasteiger partial charge in [-0.2, -0.15) is 0 Å². The summed E-state index contributed by atoms with van der Waals surface area (Å²) in [5, 5.41) is 12.3. The van der Waals surface area contributed by atoms with Gasteiger partial charge in [-0.1, -0.05) is 47.1 Å². The first-order chi connectivity index (χ1) is 21.2. The highest BCUT2D eigenvalue weighted by atomic mass is 32.1. The number of rotatable bonds is 9. The van der Waals surface area contributed by atoms with Gasteiger partial charge in [0.2, 0.25) is 5.91 Å². The van der Waals surface area contributed by atoms with Gasteiger partial charge in [-0.3, -0.25) is 9.59 Å². The van der Waals surface area contributed by atoms with Gasteiger partial charge < -0.3 is 28.9 Å². The van der Waals surface area contributed by atoms with E-state index < -0.39 is 5.60 Å². The average molecular weight is 626 g/mol. The van der Waals surface area contributed by atoms with E-state index in [2.05, 4.69) is 17.6 Å². The summed E-state index contributed by atoms with van der Waals surface area (Å²) in [4.78, 5) is 31.6. The van der Waals surface area contributed by atoms with Crippen molar-refractivity contribution in [2.75, 3.05) is 39.9 Å². The fraction of sp³-hybridized carbons (Fsp3) is 0.543. The zero-order valence-corrected chi connectivity index (χ0v) is 28.7. The van der Waals surface area contributed by atoms with Crippen LogP contribution in [0.15, 0.2) is 35.7 Å². The number of hydrogen-bond acceptors (Lipinski definition) is 6. The van der Waals surface area contributed by atoms with Crippen molar-refractivity contribution in [3.63, 3.8) is 0 Å². The summed E-state index contributed by atoms with van der Waals surface area (Å²) in [5.74, 6) is 1.27. The van der Waals surface area contributed by atoms with Crippen LogP contribution in [0.2, 0.25) is 0 Å². The topological polar surface area (TPSA) is 84.2 Å². The zero-order valence-electron chi connectivity index (χ0n) is 27.9. The number of aliphatic hydroxyl groups is 1. The molecule has 0 bridgehead atoms. The molecular formula is C35H51N3O5S. The van der Waals surface area contributed by atoms with E-state index in [9.17, 15) is 14.7 Å². The van der Waals surface area contributed by atoms with E-state index in [0.717, 1.165) is 53.1 Å². The van der Waals surface area contributed by atoms with Crippen LogP contribution in [0.25, 0.3) is 21.7 Å². The summed E-state index contributed by atoms with van der Waals surface area (Å²) >= 11 is 1.64. The molecule has 44 heavy (non-hydrogen) atoms. The van der Waals surface area contributed by atoms with Gasteiger partial charge in [-0.15, -0.1) is 11.3 Å². The van der Waals surface area contributed by atoms with Crippen molar-refractivity contribution >= 4 is 23.2 Å². The van der Waals surface area contributed by atoms with Gasteiger partial charge in [0.15, 0.2) is 11.5 Å². The number of hydrogen-bond donors (Lipinski definition) is 1. The smallest absolute Gasteiger partial charge is 0.270 e. The number of unbranched alkanes of at least 4 members (excludes halogenated alkanes) is 1. The van der Waals surface area contributed by atoms with Crippen molar-refractivity contribution in [2.45, 2.75) is 86.3 Å². The van der Waals surface area contributed by atoms with E-state index >= 15 is 0 Å². The number of aryl methyl sites for hydroxylation is 1. The highest BCUT2D eigenvalue weighted by molar-refractivity contribution is 7.13. The Morgan fingerprint density at radius 1 is 1.00 bits per heavy atom. The van der Waals surface area contributed by atoms with Crippen LogP contribution < -0.4 is 9.47 Å². The molecule has 0 unspecified atom stereocenters. The summed E-state index contributed by atoms with van der Waals surface area (Å²) in [7, 11) is 1.62. The van der Waals surface area contributed by atoms with Gasteiger partial charge in [0.1, 0.15) is 12.3 Å². The molecule has 242 valence electrons. The molecule has 0 atom stereocenters. The van der Waals surface area contributed by atoms with E-state index in [-0.39, 0.29) is 18.4 Å². The first-order valence-corrected chi connectivity index (χ1v) is 17.0. The number of methoxy groups -OCH3 is 1. The van der Waals surface area contributed by atoms with Crippen LogP contribution in [0.3, 0.4) is 0 Å². The number of ether oxygens (including phenoxy) is 2. The van der Waals surface area contributed by atoms with Crippen LogP contribution in [-0.2, 0) is 17.8 Å². The van der Waals surface area contributed by atoms with E-state index in [1.807, 2.05) is 67.1 Å². The number of amides is 2. The minimum Gasteiger partial charge on any atom is -0.493 e. The Labute approximate surface area is 267 Å². The van der Waals surface area contributed by atoms with Gasteiger partial charge >= 0.3 is 0 Å². The minimum atomic E-state index is -0.997. The number of benzene rings is 1. The Kier molecular flexibility index (Phi) is 12.9. The van der Waals surface area contributed by atoms with Gasteiger partial charge in [-0.25, -0.2) is 0 Å². The van der Waals surface area contributed by atoms with Crippen molar-refractivity contribution < 1.29 is 24.2 Å². The molecule has 5 rings (SSSR count). The molecule has 2 amide bonds. The highest BCUT2D eigenvalue weighted by Crippen LogP contribution is 2.45. The largest absolute Gasteiger partial charge is 0.493 e. The Bertz CT molecular complexity index is 1370. The molecule has 3 aromatic rings. The second kappa shape index (κ2) is 16.1. The lowest BCUT2D eigenvalue weighted by Crippen LogP contribution is -2.37. The maximum atomic E-state index is 14.0. The lowest BCUT2D eigenvalue weighted by atomic mass is 9.95. The SMILES string of the molecule is CC.CC.CCCCN1CCN(C(=O)c2cc(-c3cccs3)c3n2CCc2cc(OC)c(OCC(C)(C)O)cc2-3)CCC1=O. The number of fused-ring (bicyclic) bond motifs is 3. The summed E-state index contributed by atoms with van der Waals surface area (Å²) in [6.07, 6.45) is 3.10. The van der Waals surface area contributed by atoms with E-state index in [1.165, 1.54) is 0 Å². The minimum absolute atomic E-state index is 0.0373. The van der Waals surface area contributed by atoms with Gasteiger partial charge in [0.25, 0.3) is 5.91 Å². The summed E-state index contributed by atoms with van der Waals surface area (Å²) in [6.45, 7) is 16.6. The second-order valence-corrected chi connectivity index (χ2v) is 12.2. The molecule has 1 saturated heterocycles. The van der Waals surface area contributed by atoms with Crippen LogP contribution in [0.5, 0.6) is 11.5 Å². The molecule has 2 aliphatic rings. The van der Waals surface area contributed by atoms with Crippen molar-refractivity contribution in [1.29, 1.82) is 0 Å². The fourth-order valence-electron chi connectivity index (χ4n) is 5.47. The third-order valence-corrected chi connectivity index (χ3v) is 8.49. The van der Waals surface area contributed by atoms with Crippen LogP contribution in [-0.4, -0.2) is 76.8 Å². The summed E-state index contributed by atoms with van der Waals surface area (Å²) < 4.78 is 13.8. The Morgan fingerprint density at radius 3 is 2.39 bits per heavy atom. The summed E-state index contributed by atoms with van der Waals surface area (Å²) in [5.41, 5.74) is 3.77. The highest BCUT2D eigenvalue weighted by Gasteiger charge is 2.32. The van der Waals surface area contributed by atoms with Crippen LogP contribution in [0.1, 0.15) is 83.8 Å². The molecule has 2 aliphatic heterocycles. The first-order valence-electron chi connectivity index (χ1n) is 16.1. The third kappa shape index (κ3) is 8.04. The standard InChI is InChI=1S/C31H39N3O5S.2C2H6/c1-5-6-11-32-14-15-33(12-10-28(32)35)30(36)24-18-23(27-8-7-16-40-27)29-22-19-26(39-20-31(2,3)37)25(38-4)17-21(22)9-13-34(24)29;2*1-2/h7-8,16-19,37H,5-6,9-15,20H2,1-4H3;2*1-2H3. The van der Waals surface area contributed by atoms with Crippen molar-refractivity contribution in [2.24, 2.45) is 0 Å². The molecule has 0 aliphatic carbocycles. The molecule has 1 aromatic carbocycles. The Morgan fingerprint density at radius 2 is 1.75 bits per heavy atom. The molecule has 0 radical (unpaired) electrons. The van der Waals surface area contributed by atoms with Gasteiger partial charge in [-0.05, 0) is 61.9 Å². The molecule has 9 heteroatoms. The molecular weight excluding hydrogens is 574 g/mol. The molecule has 0 saturated carbocycles. The zero-order chi connectivity index (χ0) is 32.4. The van der Waals surface area contributed by atoms with Crippen molar-refractivity contribution in [3.8, 4) is 33.2 Å². The molecule has 0 spiro atoms. The fourth-order valence-corrected chi connectivity index (χ4v) is 6.22. The van der Waals surface area contributed by atoms with E-state index in [1.54, 1.807) is 32.3 Å². The quantitative estimate of drug-likeness (QED) is 0.274. The number of carbonyl (C=O) groups is 2. The number of aromatic nitrogens is 1. The second-order valence-electron chi connectivity index (χ2n) is 11.2. The normalized spacial score (nSPS) is 14.3. The van der Waals surface area contributed by atoms with Crippen LogP contribution in [0, 0.1) is 0 Å². The first kappa shape index (κ1) is 35.2. The van der Waals surface area contributed by atoms with Crippen molar-refractivity contribution in [1.82, 2.24) is 14.4 Å². The average Bonchev–Trinajstić information content (AvgIpc) is 3.66. The van der Waals surface area contributed by atoms with E-state index in [4.69, 9.17) is 9.47 Å². The monoisotopic (exact) mass is 625 g/mol. The molecule has 2 aromatic heterocycles. The Balaban J connectivity index is 0.00000127. The maximum Gasteiger partial charge on any atom is 0.270 e. The molecule has 1 N–H and O–H groups in total. The molecule has 1 fully saturated rings. The van der Waals surface area contributed by atoms with Crippen molar-refractivity contribution in [3.05, 3.63) is 47.0 Å². The number of thiophene rings is 1. The third-order valence-electron chi connectivity index (χ3n) is 7.59. The van der Waals surface area contributed by atoms with Gasteiger partial charge in [0, 0.05) is 55.1 Å². The van der Waals surface area contributed by atoms with Gasteiger partial charge in [0.05, 0.1) is 18.4 Å². The van der Waals surface area contributed by atoms with E-state index in [0.29, 0.717) is 49.8 Å². The lowest BCUT2D eigenvalue weighted by Gasteiger charge is -2.26. The number of nitrogens with zero attached hydrogens (tertiary/aromatic N) is 3. The molecule has 8 nitrogen and oxygen atoms in total. The summed E-state index contributed by atoms with van der Waals surface area (Å²) in [6, 6.07) is 10.1. The van der Waals surface area contributed by atoms with Crippen LogP contribution >= 0.6 is 11.3 Å². The Hall–Kier alpha value is -3.30. The lowest BCUT2D eigenvalue weighted by molar-refractivity contribution is -0.130. The number of carbonyl (C=O) groups excluding carboxylic acids is 2. The molecule has 4 heterocycles. The maximum absolute atomic E-state index is 14.0. The van der Waals surface area contributed by atoms with Crippen LogP contribution in [0.4, 0.5) is 0 Å².